The Labute approximate surface area is 127 Å². The Morgan fingerprint density at radius 3 is 2.77 bits per heavy atom. The molecule has 0 saturated carbocycles. The molecule has 3 rings (SSSR count). The third-order valence-electron chi connectivity index (χ3n) is 3.08. The molecule has 1 aromatic heterocycles. The fourth-order valence-electron chi connectivity index (χ4n) is 1.95. The molecule has 7 nitrogen and oxygen atoms in total. The SMILES string of the molecule is CCCNC(=O)c1cnc(Nc2ccc3c(c2)OCO3)nc1. The van der Waals surface area contributed by atoms with Gasteiger partial charge in [-0.15, -0.1) is 0 Å². The minimum atomic E-state index is -0.170. The van der Waals surface area contributed by atoms with Gasteiger partial charge in [0, 0.05) is 30.7 Å². The fraction of sp³-hybridized carbons (Fsp3) is 0.267. The minimum Gasteiger partial charge on any atom is -0.454 e. The lowest BCUT2D eigenvalue weighted by molar-refractivity contribution is 0.0953. The van der Waals surface area contributed by atoms with Crippen LogP contribution in [-0.4, -0.2) is 29.2 Å². The van der Waals surface area contributed by atoms with Crippen LogP contribution in [0.15, 0.2) is 30.6 Å². The summed E-state index contributed by atoms with van der Waals surface area (Å²) < 4.78 is 10.6. The summed E-state index contributed by atoms with van der Waals surface area (Å²) in [4.78, 5) is 20.0. The van der Waals surface area contributed by atoms with Crippen LogP contribution in [0.5, 0.6) is 11.5 Å². The molecule has 0 unspecified atom stereocenters. The molecule has 0 aliphatic carbocycles. The molecule has 0 atom stereocenters. The van der Waals surface area contributed by atoms with Gasteiger partial charge >= 0.3 is 0 Å². The van der Waals surface area contributed by atoms with Gasteiger partial charge in [-0.2, -0.15) is 0 Å². The van der Waals surface area contributed by atoms with Gasteiger partial charge in [-0.25, -0.2) is 9.97 Å². The summed E-state index contributed by atoms with van der Waals surface area (Å²) in [5, 5.41) is 5.83. The zero-order valence-electron chi connectivity index (χ0n) is 12.1. The molecule has 2 aromatic rings. The lowest BCUT2D eigenvalue weighted by Gasteiger charge is -2.06. The summed E-state index contributed by atoms with van der Waals surface area (Å²) in [6.45, 7) is 2.86. The number of fused-ring (bicyclic) bond motifs is 1. The van der Waals surface area contributed by atoms with Gasteiger partial charge in [-0.3, -0.25) is 4.79 Å². The molecule has 22 heavy (non-hydrogen) atoms. The van der Waals surface area contributed by atoms with E-state index in [0.29, 0.717) is 23.8 Å². The highest BCUT2D eigenvalue weighted by Gasteiger charge is 2.13. The van der Waals surface area contributed by atoms with E-state index in [1.54, 1.807) is 0 Å². The molecular weight excluding hydrogens is 284 g/mol. The molecule has 1 aliphatic rings. The number of nitrogens with zero attached hydrogens (tertiary/aromatic N) is 2. The number of rotatable bonds is 5. The first kappa shape index (κ1) is 14.1. The Bertz CT molecular complexity index is 673. The number of hydrogen-bond donors (Lipinski definition) is 2. The van der Waals surface area contributed by atoms with Crippen molar-refractivity contribution in [3.05, 3.63) is 36.2 Å². The van der Waals surface area contributed by atoms with Gasteiger partial charge in [0.05, 0.1) is 5.56 Å². The summed E-state index contributed by atoms with van der Waals surface area (Å²) in [7, 11) is 0. The van der Waals surface area contributed by atoms with E-state index in [1.165, 1.54) is 12.4 Å². The van der Waals surface area contributed by atoms with E-state index in [2.05, 4.69) is 20.6 Å². The largest absolute Gasteiger partial charge is 0.454 e. The van der Waals surface area contributed by atoms with E-state index in [9.17, 15) is 4.79 Å². The Kier molecular flexibility index (Phi) is 4.04. The number of carbonyl (C=O) groups is 1. The van der Waals surface area contributed by atoms with Gasteiger partial charge in [0.15, 0.2) is 11.5 Å². The molecule has 0 radical (unpaired) electrons. The number of ether oxygens (including phenoxy) is 2. The molecule has 0 bridgehead atoms. The highest BCUT2D eigenvalue weighted by atomic mass is 16.7. The van der Waals surface area contributed by atoms with E-state index in [4.69, 9.17) is 9.47 Å². The fourth-order valence-corrected chi connectivity index (χ4v) is 1.95. The average molecular weight is 300 g/mol. The van der Waals surface area contributed by atoms with E-state index < -0.39 is 0 Å². The van der Waals surface area contributed by atoms with E-state index in [0.717, 1.165) is 17.9 Å². The second kappa shape index (κ2) is 6.30. The molecule has 1 aromatic carbocycles. The molecule has 1 aliphatic heterocycles. The van der Waals surface area contributed by atoms with Gasteiger partial charge in [0.25, 0.3) is 5.91 Å². The number of aromatic nitrogens is 2. The van der Waals surface area contributed by atoms with E-state index >= 15 is 0 Å². The van der Waals surface area contributed by atoms with Crippen LogP contribution >= 0.6 is 0 Å². The maximum absolute atomic E-state index is 11.8. The summed E-state index contributed by atoms with van der Waals surface area (Å²) in [5.41, 5.74) is 1.22. The molecule has 114 valence electrons. The average Bonchev–Trinajstić information content (AvgIpc) is 3.01. The van der Waals surface area contributed by atoms with Crippen molar-refractivity contribution in [2.75, 3.05) is 18.7 Å². The summed E-state index contributed by atoms with van der Waals surface area (Å²) in [6.07, 6.45) is 3.87. The van der Waals surface area contributed by atoms with Gasteiger partial charge < -0.3 is 20.1 Å². The highest BCUT2D eigenvalue weighted by molar-refractivity contribution is 5.93. The number of benzene rings is 1. The normalized spacial score (nSPS) is 12.0. The molecule has 7 heteroatoms. The van der Waals surface area contributed by atoms with Crippen LogP contribution in [0.4, 0.5) is 11.6 Å². The van der Waals surface area contributed by atoms with Crippen molar-refractivity contribution in [2.24, 2.45) is 0 Å². The smallest absolute Gasteiger partial charge is 0.254 e. The maximum Gasteiger partial charge on any atom is 0.254 e. The van der Waals surface area contributed by atoms with Crippen molar-refractivity contribution in [2.45, 2.75) is 13.3 Å². The third kappa shape index (κ3) is 3.08. The molecule has 2 N–H and O–H groups in total. The second-order valence-corrected chi connectivity index (χ2v) is 4.74. The van der Waals surface area contributed by atoms with Crippen molar-refractivity contribution in [1.29, 1.82) is 0 Å². The summed E-state index contributed by atoms with van der Waals surface area (Å²) in [5.74, 6) is 1.64. The van der Waals surface area contributed by atoms with Gasteiger partial charge in [-0.1, -0.05) is 6.92 Å². The van der Waals surface area contributed by atoms with Crippen molar-refractivity contribution in [1.82, 2.24) is 15.3 Å². The van der Waals surface area contributed by atoms with Crippen LogP contribution in [0, 0.1) is 0 Å². The lowest BCUT2D eigenvalue weighted by atomic mass is 10.3. The summed E-state index contributed by atoms with van der Waals surface area (Å²) >= 11 is 0. The lowest BCUT2D eigenvalue weighted by Crippen LogP contribution is -2.24. The van der Waals surface area contributed by atoms with Crippen molar-refractivity contribution in [3.63, 3.8) is 0 Å². The molecular formula is C15H16N4O3. The van der Waals surface area contributed by atoms with E-state index in [1.807, 2.05) is 25.1 Å². The highest BCUT2D eigenvalue weighted by Crippen LogP contribution is 2.34. The predicted octanol–water partition coefficient (Wildman–Crippen LogP) is 2.09. The maximum atomic E-state index is 11.8. The minimum absolute atomic E-state index is 0.170. The topological polar surface area (TPSA) is 85.4 Å². The number of nitrogens with one attached hydrogen (secondary N) is 2. The van der Waals surface area contributed by atoms with Gasteiger partial charge in [0.1, 0.15) is 0 Å². The molecule has 0 saturated heterocycles. The number of anilines is 2. The number of carbonyl (C=O) groups excluding carboxylic acids is 1. The van der Waals surface area contributed by atoms with Crippen LogP contribution in [0.1, 0.15) is 23.7 Å². The quantitative estimate of drug-likeness (QED) is 0.879. The van der Waals surface area contributed by atoms with Crippen LogP contribution in [0.3, 0.4) is 0 Å². The first-order valence-electron chi connectivity index (χ1n) is 7.03. The van der Waals surface area contributed by atoms with Crippen LogP contribution in [-0.2, 0) is 0 Å². The third-order valence-corrected chi connectivity index (χ3v) is 3.08. The van der Waals surface area contributed by atoms with E-state index in [-0.39, 0.29) is 12.7 Å². The van der Waals surface area contributed by atoms with Crippen LogP contribution in [0.2, 0.25) is 0 Å². The van der Waals surface area contributed by atoms with Crippen molar-refractivity contribution >= 4 is 17.5 Å². The monoisotopic (exact) mass is 300 g/mol. The first-order valence-corrected chi connectivity index (χ1v) is 7.03. The van der Waals surface area contributed by atoms with Crippen molar-refractivity contribution in [3.8, 4) is 11.5 Å². The summed E-state index contributed by atoms with van der Waals surface area (Å²) in [6, 6.07) is 5.48. The van der Waals surface area contributed by atoms with Gasteiger partial charge in [-0.05, 0) is 18.6 Å². The molecule has 2 heterocycles. The molecule has 0 fully saturated rings. The standard InChI is InChI=1S/C15H16N4O3/c1-2-5-16-14(20)10-7-17-15(18-8-10)19-11-3-4-12-13(6-11)22-9-21-12/h3-4,6-8H,2,5,9H2,1H3,(H,16,20)(H,17,18,19). The molecule has 1 amide bonds. The molecule has 0 spiro atoms. The Hall–Kier alpha value is -2.83. The number of hydrogen-bond acceptors (Lipinski definition) is 6. The predicted molar refractivity (Wildman–Crippen MR) is 80.5 cm³/mol. The van der Waals surface area contributed by atoms with Crippen molar-refractivity contribution < 1.29 is 14.3 Å². The first-order chi connectivity index (χ1) is 10.8. The Morgan fingerprint density at radius 2 is 2.00 bits per heavy atom. The van der Waals surface area contributed by atoms with Gasteiger partial charge in [0.2, 0.25) is 12.7 Å². The van der Waals surface area contributed by atoms with Crippen LogP contribution < -0.4 is 20.1 Å². The Morgan fingerprint density at radius 1 is 1.23 bits per heavy atom. The van der Waals surface area contributed by atoms with Crippen LogP contribution in [0.25, 0.3) is 0 Å². The zero-order valence-corrected chi connectivity index (χ0v) is 12.1. The zero-order chi connectivity index (χ0) is 15.4. The second-order valence-electron chi connectivity index (χ2n) is 4.74. The Balaban J connectivity index is 1.67. The number of amides is 1.